The van der Waals surface area contributed by atoms with Gasteiger partial charge in [-0.2, -0.15) is 0 Å². The highest BCUT2D eigenvalue weighted by molar-refractivity contribution is 5.44. The SMILES string of the molecule is CCCOc1ccc(C(O)C(N)CCN(C)C)c(C)c1C. The molecule has 0 heterocycles. The summed E-state index contributed by atoms with van der Waals surface area (Å²) in [6.07, 6.45) is 1.11. The number of hydrogen-bond donors (Lipinski definition) is 2. The number of rotatable bonds is 8. The van der Waals surface area contributed by atoms with Gasteiger partial charge in [-0.1, -0.05) is 13.0 Å². The molecule has 0 amide bonds. The average Bonchev–Trinajstić information content (AvgIpc) is 2.45. The van der Waals surface area contributed by atoms with Crippen LogP contribution in [-0.2, 0) is 0 Å². The molecule has 0 aromatic heterocycles. The van der Waals surface area contributed by atoms with Crippen molar-refractivity contribution < 1.29 is 9.84 Å². The molecule has 3 N–H and O–H groups in total. The molecule has 0 spiro atoms. The summed E-state index contributed by atoms with van der Waals surface area (Å²) >= 11 is 0. The van der Waals surface area contributed by atoms with Crippen LogP contribution in [0.25, 0.3) is 0 Å². The van der Waals surface area contributed by atoms with Crippen molar-refractivity contribution in [2.24, 2.45) is 5.73 Å². The van der Waals surface area contributed by atoms with Crippen molar-refractivity contribution in [3.8, 4) is 5.75 Å². The summed E-state index contributed by atoms with van der Waals surface area (Å²) in [5, 5.41) is 10.5. The lowest BCUT2D eigenvalue weighted by atomic mass is 9.93. The Kier molecular flexibility index (Phi) is 7.15. The van der Waals surface area contributed by atoms with E-state index in [1.54, 1.807) is 0 Å². The first-order valence-electron chi connectivity index (χ1n) is 7.69. The number of benzene rings is 1. The van der Waals surface area contributed by atoms with Crippen molar-refractivity contribution in [3.05, 3.63) is 28.8 Å². The van der Waals surface area contributed by atoms with Crippen LogP contribution in [0.5, 0.6) is 5.75 Å². The van der Waals surface area contributed by atoms with Crippen LogP contribution in [0.1, 0.15) is 42.6 Å². The topological polar surface area (TPSA) is 58.7 Å². The summed E-state index contributed by atoms with van der Waals surface area (Å²) in [7, 11) is 4.02. The van der Waals surface area contributed by atoms with Crippen LogP contribution in [0.2, 0.25) is 0 Å². The minimum Gasteiger partial charge on any atom is -0.493 e. The van der Waals surface area contributed by atoms with Gasteiger partial charge in [0.1, 0.15) is 5.75 Å². The van der Waals surface area contributed by atoms with Gasteiger partial charge >= 0.3 is 0 Å². The van der Waals surface area contributed by atoms with Gasteiger partial charge in [-0.05, 0) is 70.1 Å². The zero-order chi connectivity index (χ0) is 16.0. The molecule has 0 aliphatic rings. The van der Waals surface area contributed by atoms with Crippen molar-refractivity contribution in [1.82, 2.24) is 4.90 Å². The summed E-state index contributed by atoms with van der Waals surface area (Å²) in [5.41, 5.74) is 9.18. The van der Waals surface area contributed by atoms with E-state index < -0.39 is 6.10 Å². The molecule has 1 aromatic carbocycles. The summed E-state index contributed by atoms with van der Waals surface area (Å²) in [6, 6.07) is 3.62. The van der Waals surface area contributed by atoms with Gasteiger partial charge in [0.15, 0.2) is 0 Å². The Hall–Kier alpha value is -1.10. The van der Waals surface area contributed by atoms with Crippen LogP contribution in [0.15, 0.2) is 12.1 Å². The van der Waals surface area contributed by atoms with Crippen molar-refractivity contribution >= 4 is 0 Å². The Bertz CT molecular complexity index is 447. The first-order chi connectivity index (χ1) is 9.88. The lowest BCUT2D eigenvalue weighted by molar-refractivity contribution is 0.137. The Morgan fingerprint density at radius 1 is 1.24 bits per heavy atom. The second kappa shape index (κ2) is 8.37. The maximum atomic E-state index is 10.5. The quantitative estimate of drug-likeness (QED) is 0.773. The van der Waals surface area contributed by atoms with E-state index in [4.69, 9.17) is 10.5 Å². The number of aliphatic hydroxyl groups is 1. The molecule has 0 fully saturated rings. The van der Waals surface area contributed by atoms with Crippen LogP contribution in [0, 0.1) is 13.8 Å². The van der Waals surface area contributed by atoms with Gasteiger partial charge in [0, 0.05) is 6.04 Å². The third kappa shape index (κ3) is 4.99. The monoisotopic (exact) mass is 294 g/mol. The number of nitrogens with two attached hydrogens (primary N) is 1. The highest BCUT2D eigenvalue weighted by Gasteiger charge is 2.20. The van der Waals surface area contributed by atoms with E-state index in [2.05, 4.69) is 11.8 Å². The molecule has 0 aliphatic heterocycles. The summed E-state index contributed by atoms with van der Waals surface area (Å²) in [6.45, 7) is 7.72. The highest BCUT2D eigenvalue weighted by Crippen LogP contribution is 2.29. The second-order valence-electron chi connectivity index (χ2n) is 5.95. The zero-order valence-electron chi connectivity index (χ0n) is 14.0. The standard InChI is InChI=1S/C17H30N2O2/c1-6-11-21-16-8-7-14(12(2)13(16)3)17(20)15(18)9-10-19(4)5/h7-8,15,17,20H,6,9-11,18H2,1-5H3. The smallest absolute Gasteiger partial charge is 0.122 e. The Labute approximate surface area is 128 Å². The summed E-state index contributed by atoms with van der Waals surface area (Å²) in [5.74, 6) is 0.896. The first kappa shape index (κ1) is 18.0. The first-order valence-corrected chi connectivity index (χ1v) is 7.69. The van der Waals surface area contributed by atoms with E-state index in [1.807, 2.05) is 40.1 Å². The normalized spacial score (nSPS) is 14.3. The molecule has 1 aromatic rings. The van der Waals surface area contributed by atoms with Crippen molar-refractivity contribution in [3.63, 3.8) is 0 Å². The van der Waals surface area contributed by atoms with E-state index in [9.17, 15) is 5.11 Å². The molecule has 2 atom stereocenters. The van der Waals surface area contributed by atoms with Crippen LogP contribution in [0.3, 0.4) is 0 Å². The lowest BCUT2D eigenvalue weighted by Crippen LogP contribution is -2.32. The summed E-state index contributed by atoms with van der Waals surface area (Å²) < 4.78 is 5.72. The minimum absolute atomic E-state index is 0.257. The maximum absolute atomic E-state index is 10.5. The van der Waals surface area contributed by atoms with E-state index in [0.29, 0.717) is 6.61 Å². The Morgan fingerprint density at radius 2 is 1.90 bits per heavy atom. The molecule has 0 saturated heterocycles. The highest BCUT2D eigenvalue weighted by atomic mass is 16.5. The lowest BCUT2D eigenvalue weighted by Gasteiger charge is -2.24. The van der Waals surface area contributed by atoms with Crippen LogP contribution in [0.4, 0.5) is 0 Å². The largest absolute Gasteiger partial charge is 0.493 e. The average molecular weight is 294 g/mol. The second-order valence-corrected chi connectivity index (χ2v) is 5.95. The third-order valence-electron chi connectivity index (χ3n) is 3.87. The minimum atomic E-state index is -0.635. The molecule has 0 saturated carbocycles. The van der Waals surface area contributed by atoms with Gasteiger partial charge in [-0.3, -0.25) is 0 Å². The van der Waals surface area contributed by atoms with E-state index >= 15 is 0 Å². The van der Waals surface area contributed by atoms with E-state index in [1.165, 1.54) is 0 Å². The number of ether oxygens (including phenoxy) is 1. The fraction of sp³-hybridized carbons (Fsp3) is 0.647. The van der Waals surface area contributed by atoms with Crippen molar-refractivity contribution in [2.45, 2.75) is 45.8 Å². The molecule has 4 heteroatoms. The molecule has 0 aliphatic carbocycles. The van der Waals surface area contributed by atoms with Crippen LogP contribution >= 0.6 is 0 Å². The third-order valence-corrected chi connectivity index (χ3v) is 3.87. The van der Waals surface area contributed by atoms with Crippen molar-refractivity contribution in [2.75, 3.05) is 27.2 Å². The molecule has 21 heavy (non-hydrogen) atoms. The van der Waals surface area contributed by atoms with Gasteiger partial charge in [0.2, 0.25) is 0 Å². The van der Waals surface area contributed by atoms with Gasteiger partial charge in [-0.15, -0.1) is 0 Å². The van der Waals surface area contributed by atoms with Gasteiger partial charge in [0.05, 0.1) is 12.7 Å². The molecule has 4 nitrogen and oxygen atoms in total. The Morgan fingerprint density at radius 3 is 2.48 bits per heavy atom. The molecule has 0 bridgehead atoms. The molecule has 120 valence electrons. The van der Waals surface area contributed by atoms with E-state index in [0.717, 1.165) is 41.8 Å². The number of aliphatic hydroxyl groups excluding tert-OH is 1. The fourth-order valence-electron chi connectivity index (χ4n) is 2.30. The maximum Gasteiger partial charge on any atom is 0.122 e. The molecule has 0 radical (unpaired) electrons. The van der Waals surface area contributed by atoms with Crippen LogP contribution in [-0.4, -0.2) is 43.3 Å². The van der Waals surface area contributed by atoms with E-state index in [-0.39, 0.29) is 6.04 Å². The molecule has 2 unspecified atom stereocenters. The van der Waals surface area contributed by atoms with Crippen molar-refractivity contribution in [1.29, 1.82) is 0 Å². The fourth-order valence-corrected chi connectivity index (χ4v) is 2.30. The van der Waals surface area contributed by atoms with Gasteiger partial charge in [-0.25, -0.2) is 0 Å². The molecule has 1 rings (SSSR count). The predicted molar refractivity (Wildman–Crippen MR) is 87.8 cm³/mol. The van der Waals surface area contributed by atoms with Gasteiger partial charge in [0.25, 0.3) is 0 Å². The van der Waals surface area contributed by atoms with Crippen LogP contribution < -0.4 is 10.5 Å². The number of nitrogens with zero attached hydrogens (tertiary/aromatic N) is 1. The van der Waals surface area contributed by atoms with Gasteiger partial charge < -0.3 is 20.5 Å². The zero-order valence-corrected chi connectivity index (χ0v) is 14.0. The number of hydrogen-bond acceptors (Lipinski definition) is 4. The Balaban J connectivity index is 2.85. The molecular weight excluding hydrogens is 264 g/mol. The molecular formula is C17H30N2O2. The predicted octanol–water partition coefficient (Wildman–Crippen LogP) is 2.40. The summed E-state index contributed by atoms with van der Waals surface area (Å²) in [4.78, 5) is 2.08.